The Morgan fingerprint density at radius 1 is 1.29 bits per heavy atom. The van der Waals surface area contributed by atoms with E-state index in [1.54, 1.807) is 32.9 Å². The average Bonchev–Trinajstić information content (AvgIpc) is 2.94. The van der Waals surface area contributed by atoms with Crippen LogP contribution in [0, 0.1) is 0 Å². The van der Waals surface area contributed by atoms with Gasteiger partial charge in [-0.05, 0) is 31.5 Å². The van der Waals surface area contributed by atoms with Crippen molar-refractivity contribution in [3.63, 3.8) is 0 Å². The summed E-state index contributed by atoms with van der Waals surface area (Å²) in [6.07, 6.45) is 1.30. The van der Waals surface area contributed by atoms with Crippen molar-refractivity contribution in [3.8, 4) is 0 Å². The van der Waals surface area contributed by atoms with Gasteiger partial charge in [0.2, 0.25) is 17.7 Å². The molecule has 0 unspecified atom stereocenters. The summed E-state index contributed by atoms with van der Waals surface area (Å²) in [5, 5.41) is 0.569. The fourth-order valence-electron chi connectivity index (χ4n) is 3.20. The van der Waals surface area contributed by atoms with E-state index >= 15 is 0 Å². The molecule has 3 amide bonds. The van der Waals surface area contributed by atoms with Crippen molar-refractivity contribution in [2.75, 3.05) is 31.1 Å². The first kappa shape index (κ1) is 16.8. The van der Waals surface area contributed by atoms with Crippen LogP contribution in [0.1, 0.15) is 19.8 Å². The molecule has 128 valence electrons. The Hall–Kier alpha value is -2.08. The molecule has 3 rings (SSSR count). The maximum atomic E-state index is 12.5. The molecular weight excluding hydrogens is 330 g/mol. The molecule has 6 nitrogen and oxygen atoms in total. The van der Waals surface area contributed by atoms with Gasteiger partial charge in [0.05, 0.1) is 6.54 Å². The molecule has 1 atom stereocenters. The maximum absolute atomic E-state index is 12.5. The number of rotatable bonds is 3. The van der Waals surface area contributed by atoms with Crippen LogP contribution in [0.25, 0.3) is 0 Å². The molecule has 1 aromatic rings. The SMILES string of the molecule is C[C@H]1CN(c2cccc(Cl)c2)C(=O)CN1C(=O)CN1CCCC1=O. The second-order valence-corrected chi connectivity index (χ2v) is 6.71. The van der Waals surface area contributed by atoms with Crippen molar-refractivity contribution < 1.29 is 14.4 Å². The topological polar surface area (TPSA) is 60.9 Å². The fraction of sp³-hybridized carbons (Fsp3) is 0.471. The third-order valence-electron chi connectivity index (χ3n) is 4.52. The van der Waals surface area contributed by atoms with Crippen LogP contribution in [0.3, 0.4) is 0 Å². The summed E-state index contributed by atoms with van der Waals surface area (Å²) >= 11 is 6.00. The number of carbonyl (C=O) groups is 3. The number of carbonyl (C=O) groups excluding carboxylic acids is 3. The second-order valence-electron chi connectivity index (χ2n) is 6.27. The van der Waals surface area contributed by atoms with E-state index in [1.807, 2.05) is 13.0 Å². The molecule has 0 N–H and O–H groups in total. The lowest BCUT2D eigenvalue weighted by atomic mass is 10.1. The summed E-state index contributed by atoms with van der Waals surface area (Å²) in [5.74, 6) is -0.298. The number of hydrogen-bond acceptors (Lipinski definition) is 3. The first-order chi connectivity index (χ1) is 11.5. The Kier molecular flexibility index (Phi) is 4.76. The molecule has 2 heterocycles. The molecule has 2 aliphatic rings. The third kappa shape index (κ3) is 3.38. The van der Waals surface area contributed by atoms with Gasteiger partial charge in [0.1, 0.15) is 6.54 Å². The van der Waals surface area contributed by atoms with E-state index in [9.17, 15) is 14.4 Å². The largest absolute Gasteiger partial charge is 0.333 e. The maximum Gasteiger partial charge on any atom is 0.246 e. The van der Waals surface area contributed by atoms with Crippen LogP contribution in [-0.2, 0) is 14.4 Å². The van der Waals surface area contributed by atoms with E-state index < -0.39 is 0 Å². The molecule has 0 bridgehead atoms. The number of anilines is 1. The Morgan fingerprint density at radius 2 is 2.08 bits per heavy atom. The van der Waals surface area contributed by atoms with Crippen molar-refractivity contribution in [1.82, 2.24) is 9.80 Å². The highest BCUT2D eigenvalue weighted by molar-refractivity contribution is 6.30. The lowest BCUT2D eigenvalue weighted by Gasteiger charge is -2.40. The van der Waals surface area contributed by atoms with Gasteiger partial charge in [-0.25, -0.2) is 0 Å². The molecule has 7 heteroatoms. The highest BCUT2D eigenvalue weighted by Gasteiger charge is 2.34. The lowest BCUT2D eigenvalue weighted by molar-refractivity contribution is -0.143. The Balaban J connectivity index is 1.67. The van der Waals surface area contributed by atoms with Crippen LogP contribution in [-0.4, -0.2) is 59.7 Å². The van der Waals surface area contributed by atoms with Crippen molar-refractivity contribution in [1.29, 1.82) is 0 Å². The van der Waals surface area contributed by atoms with Gasteiger partial charge in [0.15, 0.2) is 0 Å². The van der Waals surface area contributed by atoms with Crippen molar-refractivity contribution >= 4 is 35.0 Å². The van der Waals surface area contributed by atoms with Gasteiger partial charge in [-0.15, -0.1) is 0 Å². The molecule has 0 aromatic heterocycles. The smallest absolute Gasteiger partial charge is 0.246 e. The van der Waals surface area contributed by atoms with Crippen LogP contribution < -0.4 is 4.90 Å². The van der Waals surface area contributed by atoms with E-state index in [4.69, 9.17) is 11.6 Å². The third-order valence-corrected chi connectivity index (χ3v) is 4.76. The van der Waals surface area contributed by atoms with Gasteiger partial charge < -0.3 is 14.7 Å². The molecule has 1 aromatic carbocycles. The number of nitrogens with zero attached hydrogens (tertiary/aromatic N) is 3. The average molecular weight is 350 g/mol. The first-order valence-electron chi connectivity index (χ1n) is 8.09. The van der Waals surface area contributed by atoms with Gasteiger partial charge in [-0.2, -0.15) is 0 Å². The van der Waals surface area contributed by atoms with Crippen molar-refractivity contribution in [2.24, 2.45) is 0 Å². The zero-order valence-corrected chi connectivity index (χ0v) is 14.3. The monoisotopic (exact) mass is 349 g/mol. The fourth-order valence-corrected chi connectivity index (χ4v) is 3.39. The lowest BCUT2D eigenvalue weighted by Crippen LogP contribution is -2.58. The standard InChI is InChI=1S/C17H20ClN3O3/c1-12-9-21(14-5-2-4-13(18)8-14)17(24)11-20(12)16(23)10-19-7-3-6-15(19)22/h2,4-5,8,12H,3,6-7,9-11H2,1H3/t12-/m0/s1. The highest BCUT2D eigenvalue weighted by Crippen LogP contribution is 2.23. The molecule has 0 aliphatic carbocycles. The minimum atomic E-state index is -0.170. The molecule has 2 fully saturated rings. The molecule has 2 saturated heterocycles. The molecule has 2 aliphatic heterocycles. The van der Waals surface area contributed by atoms with Gasteiger partial charge in [-0.1, -0.05) is 17.7 Å². The zero-order valence-electron chi connectivity index (χ0n) is 13.6. The van der Waals surface area contributed by atoms with Crippen LogP contribution in [0.15, 0.2) is 24.3 Å². The predicted octanol–water partition coefficient (Wildman–Crippen LogP) is 1.53. The van der Waals surface area contributed by atoms with E-state index in [2.05, 4.69) is 0 Å². The summed E-state index contributed by atoms with van der Waals surface area (Å²) in [5.41, 5.74) is 0.737. The Morgan fingerprint density at radius 3 is 2.75 bits per heavy atom. The van der Waals surface area contributed by atoms with Crippen LogP contribution in [0.2, 0.25) is 5.02 Å². The van der Waals surface area contributed by atoms with Crippen LogP contribution in [0.5, 0.6) is 0 Å². The summed E-state index contributed by atoms with van der Waals surface area (Å²) < 4.78 is 0. The summed E-state index contributed by atoms with van der Waals surface area (Å²) in [6.45, 7) is 3.03. The van der Waals surface area contributed by atoms with Gasteiger partial charge in [-0.3, -0.25) is 14.4 Å². The molecule has 0 spiro atoms. The number of benzene rings is 1. The number of piperazine rings is 1. The van der Waals surface area contributed by atoms with E-state index in [0.717, 1.165) is 12.1 Å². The van der Waals surface area contributed by atoms with Crippen molar-refractivity contribution in [3.05, 3.63) is 29.3 Å². The second kappa shape index (κ2) is 6.81. The Labute approximate surface area is 146 Å². The number of likely N-dealkylation sites (tertiary alicyclic amines) is 1. The quantitative estimate of drug-likeness (QED) is 0.831. The summed E-state index contributed by atoms with van der Waals surface area (Å²) in [7, 11) is 0. The summed E-state index contributed by atoms with van der Waals surface area (Å²) in [6, 6.07) is 7.01. The number of halogens is 1. The van der Waals surface area contributed by atoms with E-state index in [0.29, 0.717) is 24.5 Å². The minimum absolute atomic E-state index is 0.0138. The van der Waals surface area contributed by atoms with Crippen molar-refractivity contribution in [2.45, 2.75) is 25.8 Å². The molecule has 0 saturated carbocycles. The number of hydrogen-bond donors (Lipinski definition) is 0. The summed E-state index contributed by atoms with van der Waals surface area (Å²) in [4.78, 5) is 41.4. The highest BCUT2D eigenvalue weighted by atomic mass is 35.5. The normalized spacial score (nSPS) is 21.6. The molecular formula is C17H20ClN3O3. The molecule has 0 radical (unpaired) electrons. The Bertz CT molecular complexity index is 679. The van der Waals surface area contributed by atoms with Crippen LogP contribution in [0.4, 0.5) is 5.69 Å². The zero-order chi connectivity index (χ0) is 17.3. The first-order valence-corrected chi connectivity index (χ1v) is 8.46. The predicted molar refractivity (Wildman–Crippen MR) is 90.8 cm³/mol. The van der Waals surface area contributed by atoms with Crippen LogP contribution >= 0.6 is 11.6 Å². The van der Waals surface area contributed by atoms with E-state index in [1.165, 1.54) is 0 Å². The minimum Gasteiger partial charge on any atom is -0.333 e. The number of amides is 3. The van der Waals surface area contributed by atoms with Gasteiger partial charge in [0, 0.05) is 36.3 Å². The van der Waals surface area contributed by atoms with Gasteiger partial charge in [0.25, 0.3) is 0 Å². The van der Waals surface area contributed by atoms with Gasteiger partial charge >= 0.3 is 0 Å². The molecule has 24 heavy (non-hydrogen) atoms. The van der Waals surface area contributed by atoms with E-state index in [-0.39, 0.29) is 36.9 Å².